The molecule has 7 heteroatoms. The highest BCUT2D eigenvalue weighted by molar-refractivity contribution is 5.74. The fourth-order valence-electron chi connectivity index (χ4n) is 4.46. The molecule has 2 amide bonds. The van der Waals surface area contributed by atoms with Crippen molar-refractivity contribution in [1.82, 2.24) is 25.4 Å². The molecular weight excluding hydrogens is 354 g/mol. The van der Waals surface area contributed by atoms with Crippen LogP contribution in [0.5, 0.6) is 0 Å². The van der Waals surface area contributed by atoms with E-state index in [9.17, 15) is 9.90 Å². The molecule has 4 rings (SSSR count). The van der Waals surface area contributed by atoms with E-state index >= 15 is 0 Å². The van der Waals surface area contributed by atoms with Crippen LogP contribution < -0.4 is 10.6 Å². The number of aromatic nitrogens is 3. The Hall–Kier alpha value is -2.41. The van der Waals surface area contributed by atoms with E-state index in [0.717, 1.165) is 36.6 Å². The number of amides is 2. The van der Waals surface area contributed by atoms with Crippen molar-refractivity contribution in [3.63, 3.8) is 0 Å². The molecule has 0 unspecified atom stereocenters. The summed E-state index contributed by atoms with van der Waals surface area (Å²) in [6.07, 6.45) is 6.03. The number of carbonyl (C=O) groups is 1. The molecule has 0 saturated heterocycles. The first kappa shape index (κ1) is 18.9. The van der Waals surface area contributed by atoms with Crippen LogP contribution in [0.4, 0.5) is 4.79 Å². The standard InChI is InChI=1S/C21H29N5O2/c1-14-22-20(26(25-14)17-9-3-2-4-10-17)15-11-12-19(27)18(13-15)24-21(28)23-16-7-5-6-8-16/h2-4,9-10,15-16,18-19,27H,5-8,11-13H2,1H3,(H2,23,24,28)/t15-,18+,19+/m0/s1. The molecule has 2 saturated carbocycles. The predicted molar refractivity (Wildman–Crippen MR) is 106 cm³/mol. The zero-order valence-corrected chi connectivity index (χ0v) is 16.3. The summed E-state index contributed by atoms with van der Waals surface area (Å²) in [6, 6.07) is 9.79. The zero-order valence-electron chi connectivity index (χ0n) is 16.3. The molecule has 1 heterocycles. The third-order valence-corrected chi connectivity index (χ3v) is 5.92. The molecule has 0 bridgehead atoms. The SMILES string of the molecule is Cc1nc([C@H]2CC[C@@H](O)[C@H](NC(=O)NC3CCCC3)C2)n(-c2ccccc2)n1. The van der Waals surface area contributed by atoms with E-state index in [1.807, 2.05) is 41.9 Å². The van der Waals surface area contributed by atoms with Crippen LogP contribution in [0.2, 0.25) is 0 Å². The third-order valence-electron chi connectivity index (χ3n) is 5.92. The van der Waals surface area contributed by atoms with Gasteiger partial charge in [-0.25, -0.2) is 14.5 Å². The van der Waals surface area contributed by atoms with Gasteiger partial charge in [-0.15, -0.1) is 0 Å². The van der Waals surface area contributed by atoms with Gasteiger partial charge in [0.2, 0.25) is 0 Å². The molecule has 0 spiro atoms. The van der Waals surface area contributed by atoms with Gasteiger partial charge < -0.3 is 15.7 Å². The average molecular weight is 383 g/mol. The van der Waals surface area contributed by atoms with Gasteiger partial charge in [0.15, 0.2) is 0 Å². The lowest BCUT2D eigenvalue weighted by atomic mass is 9.83. The average Bonchev–Trinajstić information content (AvgIpc) is 3.34. The second-order valence-electron chi connectivity index (χ2n) is 8.05. The highest BCUT2D eigenvalue weighted by atomic mass is 16.3. The maximum Gasteiger partial charge on any atom is 0.315 e. The van der Waals surface area contributed by atoms with E-state index in [0.29, 0.717) is 12.8 Å². The molecule has 2 aliphatic carbocycles. The summed E-state index contributed by atoms with van der Waals surface area (Å²) in [5.41, 5.74) is 0.979. The molecule has 28 heavy (non-hydrogen) atoms. The van der Waals surface area contributed by atoms with Gasteiger partial charge in [-0.3, -0.25) is 0 Å². The highest BCUT2D eigenvalue weighted by Gasteiger charge is 2.34. The van der Waals surface area contributed by atoms with Crippen LogP contribution in [-0.4, -0.2) is 44.1 Å². The fourth-order valence-corrected chi connectivity index (χ4v) is 4.46. The number of aryl methyl sites for hydroxylation is 1. The molecule has 2 fully saturated rings. The van der Waals surface area contributed by atoms with E-state index in [2.05, 4.69) is 20.7 Å². The van der Waals surface area contributed by atoms with Crippen LogP contribution in [0.15, 0.2) is 30.3 Å². The van der Waals surface area contributed by atoms with Gasteiger partial charge in [-0.05, 0) is 51.2 Å². The van der Waals surface area contributed by atoms with Crippen LogP contribution in [0.1, 0.15) is 62.5 Å². The number of urea groups is 1. The van der Waals surface area contributed by atoms with Crippen LogP contribution in [0.3, 0.4) is 0 Å². The minimum absolute atomic E-state index is 0.140. The van der Waals surface area contributed by atoms with Gasteiger partial charge in [-0.2, -0.15) is 5.10 Å². The van der Waals surface area contributed by atoms with Gasteiger partial charge >= 0.3 is 6.03 Å². The van der Waals surface area contributed by atoms with Crippen LogP contribution in [-0.2, 0) is 0 Å². The summed E-state index contributed by atoms with van der Waals surface area (Å²) in [6.45, 7) is 1.89. The summed E-state index contributed by atoms with van der Waals surface area (Å²) < 4.78 is 1.90. The molecule has 0 radical (unpaired) electrons. The van der Waals surface area contributed by atoms with Crippen LogP contribution in [0, 0.1) is 6.92 Å². The summed E-state index contributed by atoms with van der Waals surface area (Å²) in [5, 5.41) is 21.1. The van der Waals surface area contributed by atoms with Crippen molar-refractivity contribution in [2.75, 3.05) is 0 Å². The monoisotopic (exact) mass is 383 g/mol. The van der Waals surface area contributed by atoms with E-state index < -0.39 is 6.10 Å². The van der Waals surface area contributed by atoms with E-state index in [1.165, 1.54) is 12.8 Å². The van der Waals surface area contributed by atoms with Crippen molar-refractivity contribution < 1.29 is 9.90 Å². The van der Waals surface area contributed by atoms with Crippen molar-refractivity contribution in [2.45, 2.75) is 76.0 Å². The first-order chi connectivity index (χ1) is 13.6. The predicted octanol–water partition coefficient (Wildman–Crippen LogP) is 2.81. The molecule has 150 valence electrons. The number of hydrogen-bond donors (Lipinski definition) is 3. The Morgan fingerprint density at radius 3 is 2.61 bits per heavy atom. The Kier molecular flexibility index (Phi) is 5.62. The number of nitrogens with one attached hydrogen (secondary N) is 2. The Balaban J connectivity index is 1.47. The number of hydrogen-bond acceptors (Lipinski definition) is 4. The van der Waals surface area contributed by atoms with Crippen molar-refractivity contribution in [2.24, 2.45) is 0 Å². The van der Waals surface area contributed by atoms with Gasteiger partial charge in [0.05, 0.1) is 17.8 Å². The third kappa shape index (κ3) is 4.19. The summed E-state index contributed by atoms with van der Waals surface area (Å²) in [4.78, 5) is 17.1. The van der Waals surface area contributed by atoms with Crippen LogP contribution in [0.25, 0.3) is 5.69 Å². The van der Waals surface area contributed by atoms with E-state index in [-0.39, 0.29) is 24.0 Å². The quantitative estimate of drug-likeness (QED) is 0.757. The summed E-state index contributed by atoms with van der Waals surface area (Å²) in [7, 11) is 0. The van der Waals surface area contributed by atoms with Crippen molar-refractivity contribution in [1.29, 1.82) is 0 Å². The molecule has 0 aliphatic heterocycles. The number of benzene rings is 1. The smallest absolute Gasteiger partial charge is 0.315 e. The molecule has 1 aromatic heterocycles. The molecular formula is C21H29N5O2. The minimum atomic E-state index is -0.528. The molecule has 3 N–H and O–H groups in total. The van der Waals surface area contributed by atoms with Crippen LogP contribution >= 0.6 is 0 Å². The minimum Gasteiger partial charge on any atom is -0.391 e. The van der Waals surface area contributed by atoms with Crippen molar-refractivity contribution in [3.8, 4) is 5.69 Å². The van der Waals surface area contributed by atoms with Gasteiger partial charge in [0.25, 0.3) is 0 Å². The second kappa shape index (κ2) is 8.31. The normalized spacial score (nSPS) is 25.6. The van der Waals surface area contributed by atoms with E-state index in [4.69, 9.17) is 0 Å². The lowest BCUT2D eigenvalue weighted by Crippen LogP contribution is -2.51. The summed E-state index contributed by atoms with van der Waals surface area (Å²) in [5.74, 6) is 1.77. The first-order valence-electron chi connectivity index (χ1n) is 10.3. The number of rotatable bonds is 4. The number of para-hydroxylation sites is 1. The Morgan fingerprint density at radius 1 is 1.11 bits per heavy atom. The first-order valence-corrected chi connectivity index (χ1v) is 10.3. The molecule has 2 aliphatic rings. The van der Waals surface area contributed by atoms with E-state index in [1.54, 1.807) is 0 Å². The molecule has 2 aromatic rings. The maximum atomic E-state index is 12.4. The Labute approximate surface area is 165 Å². The molecule has 1 aromatic carbocycles. The van der Waals surface area contributed by atoms with Crippen molar-refractivity contribution >= 4 is 6.03 Å². The number of aliphatic hydroxyl groups excluding tert-OH is 1. The molecule has 7 nitrogen and oxygen atoms in total. The van der Waals surface area contributed by atoms with Gasteiger partial charge in [-0.1, -0.05) is 31.0 Å². The Bertz CT molecular complexity index is 800. The fraction of sp³-hybridized carbons (Fsp3) is 0.571. The molecule has 3 atom stereocenters. The lowest BCUT2D eigenvalue weighted by molar-refractivity contribution is 0.0850. The topological polar surface area (TPSA) is 92.1 Å². The number of nitrogens with zero attached hydrogens (tertiary/aromatic N) is 3. The maximum absolute atomic E-state index is 12.4. The highest BCUT2D eigenvalue weighted by Crippen LogP contribution is 2.33. The number of aliphatic hydroxyl groups is 1. The number of carbonyl (C=O) groups excluding carboxylic acids is 1. The zero-order chi connectivity index (χ0) is 19.5. The van der Waals surface area contributed by atoms with Gasteiger partial charge in [0.1, 0.15) is 11.6 Å². The Morgan fingerprint density at radius 2 is 1.86 bits per heavy atom. The summed E-state index contributed by atoms with van der Waals surface area (Å²) >= 11 is 0. The van der Waals surface area contributed by atoms with Gasteiger partial charge in [0, 0.05) is 12.0 Å². The largest absolute Gasteiger partial charge is 0.391 e. The second-order valence-corrected chi connectivity index (χ2v) is 8.05. The lowest BCUT2D eigenvalue weighted by Gasteiger charge is -2.33. The van der Waals surface area contributed by atoms with Crippen molar-refractivity contribution in [3.05, 3.63) is 42.0 Å².